The van der Waals surface area contributed by atoms with E-state index in [0.717, 1.165) is 31.0 Å². The number of aromatic amines is 1. The van der Waals surface area contributed by atoms with E-state index in [4.69, 9.17) is 5.73 Å². The number of nitrogens with zero attached hydrogens (tertiary/aromatic N) is 2. The molecule has 9 heteroatoms. The molecule has 2 atom stereocenters. The van der Waals surface area contributed by atoms with Crippen LogP contribution in [-0.2, 0) is 4.79 Å². The number of aromatic nitrogens is 3. The summed E-state index contributed by atoms with van der Waals surface area (Å²) < 4.78 is 0. The lowest BCUT2D eigenvalue weighted by Crippen LogP contribution is -2.48. The number of urea groups is 1. The van der Waals surface area contributed by atoms with Gasteiger partial charge >= 0.3 is 6.03 Å². The molecule has 0 aliphatic heterocycles. The second-order valence-corrected chi connectivity index (χ2v) is 6.12. The highest BCUT2D eigenvalue weighted by molar-refractivity contribution is 7.99. The fourth-order valence-corrected chi connectivity index (χ4v) is 2.96. The molecule has 1 saturated carbocycles. The van der Waals surface area contributed by atoms with Gasteiger partial charge in [-0.2, -0.15) is 4.98 Å². The molecule has 0 bridgehead atoms. The van der Waals surface area contributed by atoms with Crippen LogP contribution in [-0.4, -0.2) is 38.9 Å². The summed E-state index contributed by atoms with van der Waals surface area (Å²) in [5.41, 5.74) is 5.38. The zero-order valence-corrected chi connectivity index (χ0v) is 12.7. The Morgan fingerprint density at radius 3 is 2.86 bits per heavy atom. The first-order chi connectivity index (χ1) is 10.0. The minimum atomic E-state index is -0.436. The highest BCUT2D eigenvalue weighted by atomic mass is 32.2. The molecule has 1 aromatic rings. The van der Waals surface area contributed by atoms with Crippen molar-refractivity contribution in [3.05, 3.63) is 0 Å². The van der Waals surface area contributed by atoms with E-state index in [0.29, 0.717) is 11.1 Å². The van der Waals surface area contributed by atoms with Gasteiger partial charge in [0.15, 0.2) is 0 Å². The number of amides is 3. The van der Waals surface area contributed by atoms with Gasteiger partial charge in [-0.15, -0.1) is 5.10 Å². The number of anilines is 1. The van der Waals surface area contributed by atoms with Gasteiger partial charge < -0.3 is 11.1 Å². The molecule has 21 heavy (non-hydrogen) atoms. The third-order valence-corrected chi connectivity index (χ3v) is 4.34. The second-order valence-electron chi connectivity index (χ2n) is 5.18. The zero-order chi connectivity index (χ0) is 15.2. The van der Waals surface area contributed by atoms with Gasteiger partial charge in [-0.25, -0.2) is 9.89 Å². The summed E-state index contributed by atoms with van der Waals surface area (Å²) in [6, 6.07) is -0.291. The minimum absolute atomic E-state index is 0.0604. The number of nitrogen functional groups attached to an aromatic ring is 1. The molecule has 2 rings (SSSR count). The summed E-state index contributed by atoms with van der Waals surface area (Å²) in [5, 5.41) is 11.8. The summed E-state index contributed by atoms with van der Waals surface area (Å²) in [5.74, 6) is 0.321. The van der Waals surface area contributed by atoms with E-state index in [2.05, 4.69) is 32.7 Å². The smallest absolute Gasteiger partial charge is 0.321 e. The first kappa shape index (κ1) is 15.6. The first-order valence-electron chi connectivity index (χ1n) is 6.95. The number of hydrogen-bond donors (Lipinski definition) is 4. The lowest BCUT2D eigenvalue weighted by Gasteiger charge is -2.29. The van der Waals surface area contributed by atoms with Crippen molar-refractivity contribution >= 4 is 29.6 Å². The van der Waals surface area contributed by atoms with Crippen molar-refractivity contribution in [3.8, 4) is 0 Å². The number of hydrogen-bond acceptors (Lipinski definition) is 6. The Hall–Kier alpha value is -1.77. The molecule has 1 aromatic heterocycles. The van der Waals surface area contributed by atoms with Gasteiger partial charge in [-0.1, -0.05) is 31.5 Å². The monoisotopic (exact) mass is 312 g/mol. The molecule has 3 amide bonds. The third kappa shape index (κ3) is 4.92. The predicted octanol–water partition coefficient (Wildman–Crippen LogP) is 0.884. The van der Waals surface area contributed by atoms with Crippen LogP contribution in [0.1, 0.15) is 32.6 Å². The Bertz CT molecular complexity index is 506. The maximum absolute atomic E-state index is 11.8. The van der Waals surface area contributed by atoms with Gasteiger partial charge in [0.25, 0.3) is 0 Å². The van der Waals surface area contributed by atoms with Crippen LogP contribution >= 0.6 is 11.8 Å². The molecule has 0 spiro atoms. The molecule has 8 nitrogen and oxygen atoms in total. The van der Waals surface area contributed by atoms with E-state index in [9.17, 15) is 9.59 Å². The van der Waals surface area contributed by atoms with E-state index in [-0.39, 0.29) is 23.7 Å². The van der Waals surface area contributed by atoms with E-state index >= 15 is 0 Å². The molecule has 0 aromatic carbocycles. The quantitative estimate of drug-likeness (QED) is 0.612. The van der Waals surface area contributed by atoms with Crippen LogP contribution in [0.15, 0.2) is 5.16 Å². The molecule has 0 unspecified atom stereocenters. The van der Waals surface area contributed by atoms with Crippen LogP contribution in [0.5, 0.6) is 0 Å². The van der Waals surface area contributed by atoms with Crippen molar-refractivity contribution in [1.82, 2.24) is 25.8 Å². The highest BCUT2D eigenvalue weighted by Crippen LogP contribution is 2.23. The average Bonchev–Trinajstić information content (AvgIpc) is 2.85. The molecular weight excluding hydrogens is 292 g/mol. The summed E-state index contributed by atoms with van der Waals surface area (Å²) in [4.78, 5) is 27.3. The molecule has 0 radical (unpaired) electrons. The van der Waals surface area contributed by atoms with Crippen LogP contribution in [0.3, 0.4) is 0 Å². The van der Waals surface area contributed by atoms with Gasteiger partial charge in [-0.3, -0.25) is 10.1 Å². The maximum Gasteiger partial charge on any atom is 0.321 e. The normalized spacial score (nSPS) is 21.8. The fourth-order valence-electron chi connectivity index (χ4n) is 2.35. The van der Waals surface area contributed by atoms with E-state index < -0.39 is 6.03 Å². The predicted molar refractivity (Wildman–Crippen MR) is 79.6 cm³/mol. The molecule has 116 valence electrons. The number of rotatable bonds is 4. The molecular formula is C12H20N6O2S. The lowest BCUT2D eigenvalue weighted by molar-refractivity contribution is -0.117. The van der Waals surface area contributed by atoms with Crippen molar-refractivity contribution in [3.63, 3.8) is 0 Å². The summed E-state index contributed by atoms with van der Waals surface area (Å²) in [6.45, 7) is 2.12. The highest BCUT2D eigenvalue weighted by Gasteiger charge is 2.23. The Morgan fingerprint density at radius 2 is 2.19 bits per heavy atom. The van der Waals surface area contributed by atoms with Crippen molar-refractivity contribution in [1.29, 1.82) is 0 Å². The van der Waals surface area contributed by atoms with Crippen molar-refractivity contribution in [2.75, 3.05) is 11.5 Å². The van der Waals surface area contributed by atoms with E-state index in [1.54, 1.807) is 0 Å². The number of thioether (sulfide) groups is 1. The number of imide groups is 1. The zero-order valence-electron chi connectivity index (χ0n) is 11.9. The van der Waals surface area contributed by atoms with Crippen LogP contribution in [0, 0.1) is 5.92 Å². The number of carbonyl (C=O) groups excluding carboxylic acids is 2. The lowest BCUT2D eigenvalue weighted by atomic mass is 9.86. The van der Waals surface area contributed by atoms with E-state index in [1.165, 1.54) is 6.42 Å². The van der Waals surface area contributed by atoms with Crippen LogP contribution in [0.2, 0.25) is 0 Å². The largest absolute Gasteiger partial charge is 0.368 e. The molecule has 1 aliphatic carbocycles. The number of nitrogens with one attached hydrogen (secondary N) is 3. The number of carbonyl (C=O) groups is 2. The van der Waals surface area contributed by atoms with Crippen LogP contribution in [0.25, 0.3) is 0 Å². The fraction of sp³-hybridized carbons (Fsp3) is 0.667. The van der Waals surface area contributed by atoms with Crippen LogP contribution in [0.4, 0.5) is 10.7 Å². The Kier molecular flexibility index (Phi) is 5.43. The topological polar surface area (TPSA) is 126 Å². The standard InChI is InChI=1S/C12H20N6O2S/c1-7-4-2-3-5-8(7)14-11(20)15-9(19)6-21-12-16-10(13)17-18-12/h7-8H,2-6H2,1H3,(H3,13,16,17,18)(H2,14,15,19,20)/t7-,8-/m1/s1. The van der Waals surface area contributed by atoms with Gasteiger partial charge in [0.05, 0.1) is 5.75 Å². The van der Waals surface area contributed by atoms with Gasteiger partial charge in [0, 0.05) is 6.04 Å². The van der Waals surface area contributed by atoms with Crippen molar-refractivity contribution < 1.29 is 9.59 Å². The molecule has 5 N–H and O–H groups in total. The Balaban J connectivity index is 1.70. The minimum Gasteiger partial charge on any atom is -0.368 e. The maximum atomic E-state index is 11.8. The van der Waals surface area contributed by atoms with Gasteiger partial charge in [-0.05, 0) is 18.8 Å². The first-order valence-corrected chi connectivity index (χ1v) is 7.94. The summed E-state index contributed by atoms with van der Waals surface area (Å²) >= 11 is 1.11. The molecule has 1 aliphatic rings. The van der Waals surface area contributed by atoms with Crippen molar-refractivity contribution in [2.24, 2.45) is 5.92 Å². The second kappa shape index (κ2) is 7.30. The number of nitrogens with two attached hydrogens (primary N) is 1. The molecule has 0 saturated heterocycles. The SMILES string of the molecule is C[C@@H]1CCCC[C@H]1NC(=O)NC(=O)CSc1n[nH]c(N)n1. The average molecular weight is 312 g/mol. The Labute approximate surface area is 127 Å². The van der Waals surface area contributed by atoms with Crippen molar-refractivity contribution in [2.45, 2.75) is 43.8 Å². The van der Waals surface area contributed by atoms with E-state index in [1.807, 2.05) is 0 Å². The molecule has 1 fully saturated rings. The Morgan fingerprint density at radius 1 is 1.43 bits per heavy atom. The number of H-pyrrole nitrogens is 1. The summed E-state index contributed by atoms with van der Waals surface area (Å²) in [6.07, 6.45) is 4.40. The molecule has 1 heterocycles. The van der Waals surface area contributed by atoms with Gasteiger partial charge in [0.2, 0.25) is 17.0 Å². The van der Waals surface area contributed by atoms with Crippen LogP contribution < -0.4 is 16.4 Å². The van der Waals surface area contributed by atoms with Gasteiger partial charge in [0.1, 0.15) is 0 Å². The summed E-state index contributed by atoms with van der Waals surface area (Å²) in [7, 11) is 0. The third-order valence-electron chi connectivity index (χ3n) is 3.50.